The number of carbonyl (C=O) groups is 2. The Morgan fingerprint density at radius 3 is 2.33 bits per heavy atom. The third-order valence-electron chi connectivity index (χ3n) is 5.85. The molecule has 2 aliphatic rings. The molecule has 3 rings (SSSR count). The minimum absolute atomic E-state index is 0.0186. The zero-order valence-electron chi connectivity index (χ0n) is 14.0. The van der Waals surface area contributed by atoms with Crippen LogP contribution in [-0.2, 0) is 15.0 Å². The van der Waals surface area contributed by atoms with Gasteiger partial charge in [-0.3, -0.25) is 9.59 Å². The average molecular weight is 333 g/mol. The first-order valence-corrected chi connectivity index (χ1v) is 8.75. The first-order chi connectivity index (χ1) is 11.5. The maximum atomic E-state index is 13.4. The lowest BCUT2D eigenvalue weighted by atomic mass is 9.68. The van der Waals surface area contributed by atoms with E-state index in [1.165, 1.54) is 12.1 Å². The van der Waals surface area contributed by atoms with Gasteiger partial charge in [-0.2, -0.15) is 0 Å². The Kier molecular flexibility index (Phi) is 4.61. The van der Waals surface area contributed by atoms with Gasteiger partial charge < -0.3 is 10.0 Å². The number of hydrogen-bond acceptors (Lipinski definition) is 2. The number of halogens is 1. The normalized spacial score (nSPS) is 26.3. The minimum atomic E-state index is -0.836. The van der Waals surface area contributed by atoms with E-state index in [9.17, 15) is 19.1 Å². The van der Waals surface area contributed by atoms with Gasteiger partial charge in [-0.05, 0) is 43.9 Å². The van der Waals surface area contributed by atoms with Crippen molar-refractivity contribution in [3.63, 3.8) is 0 Å². The van der Waals surface area contributed by atoms with Crippen molar-refractivity contribution in [2.75, 3.05) is 6.54 Å². The molecule has 2 atom stereocenters. The first kappa shape index (κ1) is 16.9. The number of hydrogen-bond donors (Lipinski definition) is 1. The molecule has 1 aromatic rings. The summed E-state index contributed by atoms with van der Waals surface area (Å²) in [5, 5.41) is 9.33. The van der Waals surface area contributed by atoms with Crippen LogP contribution in [0.2, 0.25) is 0 Å². The van der Waals surface area contributed by atoms with Gasteiger partial charge in [0.2, 0.25) is 5.91 Å². The van der Waals surface area contributed by atoms with E-state index >= 15 is 0 Å². The van der Waals surface area contributed by atoms with Gasteiger partial charge in [-0.1, -0.05) is 31.4 Å². The summed E-state index contributed by atoms with van der Waals surface area (Å²) in [6.45, 7) is 2.31. The topological polar surface area (TPSA) is 57.6 Å². The summed E-state index contributed by atoms with van der Waals surface area (Å²) in [5.74, 6) is -1.62. The molecule has 0 bridgehead atoms. The highest BCUT2D eigenvalue weighted by Crippen LogP contribution is 2.43. The van der Waals surface area contributed by atoms with Crippen molar-refractivity contribution in [3.8, 4) is 0 Å². The fourth-order valence-electron chi connectivity index (χ4n) is 4.38. The van der Waals surface area contributed by atoms with Crippen molar-refractivity contribution in [3.05, 3.63) is 35.6 Å². The summed E-state index contributed by atoms with van der Waals surface area (Å²) < 4.78 is 13.3. The predicted octanol–water partition coefficient (Wildman–Crippen LogP) is 3.35. The molecule has 1 aromatic carbocycles. The number of rotatable bonds is 3. The molecular formula is C19H24FNO3. The Bertz CT molecular complexity index is 622. The molecule has 1 amide bonds. The maximum absolute atomic E-state index is 13.4. The highest BCUT2D eigenvalue weighted by molar-refractivity contribution is 5.89. The molecule has 24 heavy (non-hydrogen) atoms. The van der Waals surface area contributed by atoms with Crippen molar-refractivity contribution < 1.29 is 19.1 Å². The van der Waals surface area contributed by atoms with Crippen LogP contribution in [0.3, 0.4) is 0 Å². The molecule has 1 saturated carbocycles. The van der Waals surface area contributed by atoms with E-state index < -0.39 is 17.3 Å². The Labute approximate surface area is 141 Å². The summed E-state index contributed by atoms with van der Waals surface area (Å²) in [4.78, 5) is 26.5. The number of carboxylic acid groups (broad SMARTS) is 1. The number of carboxylic acids is 1. The lowest BCUT2D eigenvalue weighted by molar-refractivity contribution is -0.144. The van der Waals surface area contributed by atoms with Gasteiger partial charge in [0.25, 0.3) is 0 Å². The summed E-state index contributed by atoms with van der Waals surface area (Å²) in [5.41, 5.74) is 0.229. The second kappa shape index (κ2) is 6.54. The maximum Gasteiger partial charge on any atom is 0.308 e. The van der Waals surface area contributed by atoms with Gasteiger partial charge in [0.15, 0.2) is 0 Å². The molecule has 1 heterocycles. The summed E-state index contributed by atoms with van der Waals surface area (Å²) in [7, 11) is 0. The number of nitrogens with zero attached hydrogens (tertiary/aromatic N) is 1. The zero-order valence-corrected chi connectivity index (χ0v) is 14.0. The molecule has 5 heteroatoms. The van der Waals surface area contributed by atoms with Crippen LogP contribution in [0.15, 0.2) is 24.3 Å². The molecule has 0 radical (unpaired) electrons. The van der Waals surface area contributed by atoms with Gasteiger partial charge in [0, 0.05) is 12.6 Å². The van der Waals surface area contributed by atoms with Crippen molar-refractivity contribution in [1.29, 1.82) is 0 Å². The Morgan fingerprint density at radius 1 is 1.17 bits per heavy atom. The average Bonchev–Trinajstić information content (AvgIpc) is 2.97. The molecule has 2 fully saturated rings. The van der Waals surface area contributed by atoms with E-state index in [-0.39, 0.29) is 17.8 Å². The van der Waals surface area contributed by atoms with Crippen LogP contribution in [0.1, 0.15) is 51.0 Å². The van der Waals surface area contributed by atoms with Crippen LogP contribution >= 0.6 is 0 Å². The van der Waals surface area contributed by atoms with Crippen LogP contribution in [0, 0.1) is 11.7 Å². The van der Waals surface area contributed by atoms with Gasteiger partial charge in [0.05, 0.1) is 11.3 Å². The Morgan fingerprint density at radius 2 is 1.79 bits per heavy atom. The van der Waals surface area contributed by atoms with Gasteiger partial charge in [-0.15, -0.1) is 0 Å². The molecule has 1 aliphatic carbocycles. The number of carbonyl (C=O) groups excluding carboxylic acids is 1. The Balaban J connectivity index is 1.93. The van der Waals surface area contributed by atoms with Crippen molar-refractivity contribution in [2.45, 2.75) is 56.9 Å². The molecule has 0 spiro atoms. The smallest absolute Gasteiger partial charge is 0.308 e. The number of aliphatic carboxylic acids is 1. The molecule has 1 N–H and O–H groups in total. The standard InChI is InChI=1S/C19H24FNO3/c1-13-16(17(22)23)9-12-21(13)18(24)19(10-3-2-4-11-19)14-5-7-15(20)8-6-14/h5-8,13,16H,2-4,9-12H2,1H3,(H,22,23). The summed E-state index contributed by atoms with van der Waals surface area (Å²) in [6, 6.07) is 5.95. The van der Waals surface area contributed by atoms with Gasteiger partial charge >= 0.3 is 5.97 Å². The molecule has 1 aliphatic heterocycles. The molecule has 130 valence electrons. The highest BCUT2D eigenvalue weighted by Gasteiger charge is 2.48. The summed E-state index contributed by atoms with van der Waals surface area (Å²) in [6.07, 6.45) is 5.03. The van der Waals surface area contributed by atoms with E-state index in [0.717, 1.165) is 37.7 Å². The quantitative estimate of drug-likeness (QED) is 0.923. The Hall–Kier alpha value is -1.91. The second-order valence-corrected chi connectivity index (χ2v) is 7.12. The lowest BCUT2D eigenvalue weighted by Crippen LogP contribution is -2.50. The van der Waals surface area contributed by atoms with Gasteiger partial charge in [0.1, 0.15) is 5.82 Å². The lowest BCUT2D eigenvalue weighted by Gasteiger charge is -2.40. The SMILES string of the molecule is CC1C(C(=O)O)CCN1C(=O)C1(c2ccc(F)cc2)CCCCC1. The van der Waals surface area contributed by atoms with E-state index in [0.29, 0.717) is 13.0 Å². The summed E-state index contributed by atoms with van der Waals surface area (Å²) >= 11 is 0. The number of likely N-dealkylation sites (tertiary alicyclic amines) is 1. The van der Waals surface area contributed by atoms with E-state index in [4.69, 9.17) is 0 Å². The van der Waals surface area contributed by atoms with Crippen LogP contribution in [-0.4, -0.2) is 34.5 Å². The number of benzene rings is 1. The first-order valence-electron chi connectivity index (χ1n) is 8.75. The third kappa shape index (κ3) is 2.80. The number of amides is 1. The minimum Gasteiger partial charge on any atom is -0.481 e. The van der Waals surface area contributed by atoms with Crippen LogP contribution in [0.5, 0.6) is 0 Å². The molecule has 2 unspecified atom stereocenters. The van der Waals surface area contributed by atoms with E-state index in [2.05, 4.69) is 0 Å². The zero-order chi connectivity index (χ0) is 17.3. The van der Waals surface area contributed by atoms with Crippen LogP contribution in [0.4, 0.5) is 4.39 Å². The highest BCUT2D eigenvalue weighted by atomic mass is 19.1. The molecule has 4 nitrogen and oxygen atoms in total. The molecule has 0 aromatic heterocycles. The largest absolute Gasteiger partial charge is 0.481 e. The molecular weight excluding hydrogens is 309 g/mol. The molecule has 1 saturated heterocycles. The van der Waals surface area contributed by atoms with Gasteiger partial charge in [-0.25, -0.2) is 4.39 Å². The van der Waals surface area contributed by atoms with Crippen molar-refractivity contribution in [2.24, 2.45) is 5.92 Å². The fourth-order valence-corrected chi connectivity index (χ4v) is 4.38. The monoisotopic (exact) mass is 333 g/mol. The van der Waals surface area contributed by atoms with Crippen molar-refractivity contribution in [1.82, 2.24) is 4.90 Å². The van der Waals surface area contributed by atoms with Crippen LogP contribution < -0.4 is 0 Å². The van der Waals surface area contributed by atoms with Crippen LogP contribution in [0.25, 0.3) is 0 Å². The second-order valence-electron chi connectivity index (χ2n) is 7.12. The predicted molar refractivity (Wildman–Crippen MR) is 88.1 cm³/mol. The van der Waals surface area contributed by atoms with E-state index in [1.54, 1.807) is 17.0 Å². The van der Waals surface area contributed by atoms with Crippen molar-refractivity contribution >= 4 is 11.9 Å². The fraction of sp³-hybridized carbons (Fsp3) is 0.579. The van der Waals surface area contributed by atoms with E-state index in [1.807, 2.05) is 6.92 Å². The third-order valence-corrected chi connectivity index (χ3v) is 5.85.